The van der Waals surface area contributed by atoms with E-state index in [0.717, 1.165) is 16.2 Å². The lowest BCUT2D eigenvalue weighted by Gasteiger charge is -2.10. The van der Waals surface area contributed by atoms with Gasteiger partial charge in [-0.3, -0.25) is 4.79 Å². The second kappa shape index (κ2) is 4.98. The molecule has 0 bridgehead atoms. The van der Waals surface area contributed by atoms with Gasteiger partial charge in [0.25, 0.3) is 5.91 Å². The lowest BCUT2D eigenvalue weighted by molar-refractivity contribution is 0.0966. The van der Waals surface area contributed by atoms with Gasteiger partial charge in [0.05, 0.1) is 0 Å². The Balaban J connectivity index is 2.16. The molecule has 0 saturated carbocycles. The molecule has 0 fully saturated rings. The molecule has 0 radical (unpaired) electrons. The van der Waals surface area contributed by atoms with Gasteiger partial charge in [0, 0.05) is 35.1 Å². The Labute approximate surface area is 105 Å². The first-order valence-electron chi connectivity index (χ1n) is 5.56. The van der Waals surface area contributed by atoms with E-state index in [1.165, 1.54) is 0 Å². The maximum atomic E-state index is 11.4. The summed E-state index contributed by atoms with van der Waals surface area (Å²) < 4.78 is 0. The number of hydrogen-bond acceptors (Lipinski definition) is 4. The van der Waals surface area contributed by atoms with Gasteiger partial charge in [-0.15, -0.1) is 11.8 Å². The zero-order valence-corrected chi connectivity index (χ0v) is 10.5. The molecule has 1 aromatic carbocycles. The molecule has 1 aromatic rings. The zero-order chi connectivity index (χ0) is 12.4. The van der Waals surface area contributed by atoms with E-state index < -0.39 is 0 Å². The zero-order valence-electron chi connectivity index (χ0n) is 9.69. The lowest BCUT2D eigenvalue weighted by Crippen LogP contribution is -2.12. The van der Waals surface area contributed by atoms with Gasteiger partial charge in [-0.1, -0.05) is 6.92 Å². The number of carbonyl (C=O) groups excluding carboxylic acids is 1. The number of aliphatic hydroxyl groups excluding tert-OH is 1. The SMILES string of the molecule is CC(CO)CSc1cc2c(cc1N)C(=O)NC2. The number of anilines is 1. The molecule has 0 saturated heterocycles. The number of benzene rings is 1. The molecule has 0 spiro atoms. The van der Waals surface area contributed by atoms with E-state index in [-0.39, 0.29) is 18.4 Å². The van der Waals surface area contributed by atoms with E-state index in [2.05, 4.69) is 5.32 Å². The van der Waals surface area contributed by atoms with Gasteiger partial charge in [-0.25, -0.2) is 0 Å². The molecule has 4 N–H and O–H groups in total. The highest BCUT2D eigenvalue weighted by Crippen LogP contribution is 2.31. The van der Waals surface area contributed by atoms with E-state index in [1.54, 1.807) is 17.8 Å². The van der Waals surface area contributed by atoms with Crippen LogP contribution in [0, 0.1) is 5.92 Å². The number of amides is 1. The van der Waals surface area contributed by atoms with Crippen molar-refractivity contribution in [2.24, 2.45) is 5.92 Å². The van der Waals surface area contributed by atoms with Crippen molar-refractivity contribution in [2.75, 3.05) is 18.1 Å². The molecule has 1 atom stereocenters. The average Bonchev–Trinajstić information content (AvgIpc) is 2.67. The summed E-state index contributed by atoms with van der Waals surface area (Å²) in [4.78, 5) is 12.4. The number of nitrogen functional groups attached to an aromatic ring is 1. The van der Waals surface area contributed by atoms with E-state index >= 15 is 0 Å². The first-order valence-corrected chi connectivity index (χ1v) is 6.54. The van der Waals surface area contributed by atoms with Crippen LogP contribution in [0.25, 0.3) is 0 Å². The van der Waals surface area contributed by atoms with Crippen LogP contribution in [0.4, 0.5) is 5.69 Å². The Morgan fingerprint density at radius 1 is 1.59 bits per heavy atom. The first kappa shape index (κ1) is 12.3. The summed E-state index contributed by atoms with van der Waals surface area (Å²) in [5.41, 5.74) is 8.24. The summed E-state index contributed by atoms with van der Waals surface area (Å²) in [5.74, 6) is 1.01. The van der Waals surface area contributed by atoms with Crippen molar-refractivity contribution in [2.45, 2.75) is 18.4 Å². The minimum absolute atomic E-state index is 0.0491. The number of hydrogen-bond donors (Lipinski definition) is 3. The highest BCUT2D eigenvalue weighted by atomic mass is 32.2. The van der Waals surface area contributed by atoms with Crippen molar-refractivity contribution >= 4 is 23.4 Å². The Morgan fingerprint density at radius 3 is 3.06 bits per heavy atom. The van der Waals surface area contributed by atoms with Crippen molar-refractivity contribution in [1.29, 1.82) is 0 Å². The Bertz CT molecular complexity index is 448. The van der Waals surface area contributed by atoms with Gasteiger partial charge < -0.3 is 16.2 Å². The van der Waals surface area contributed by atoms with Crippen LogP contribution in [-0.4, -0.2) is 23.4 Å². The van der Waals surface area contributed by atoms with Crippen LogP contribution in [0.3, 0.4) is 0 Å². The molecule has 4 nitrogen and oxygen atoms in total. The molecule has 1 aliphatic rings. The highest BCUT2D eigenvalue weighted by Gasteiger charge is 2.20. The van der Waals surface area contributed by atoms with Crippen molar-refractivity contribution in [3.63, 3.8) is 0 Å². The van der Waals surface area contributed by atoms with Crippen LogP contribution >= 0.6 is 11.8 Å². The third kappa shape index (κ3) is 2.56. The lowest BCUT2D eigenvalue weighted by atomic mass is 10.1. The molecule has 1 heterocycles. The number of nitrogens with one attached hydrogen (secondary N) is 1. The van der Waals surface area contributed by atoms with Crippen molar-refractivity contribution in [3.8, 4) is 0 Å². The van der Waals surface area contributed by atoms with Crippen molar-refractivity contribution in [1.82, 2.24) is 5.32 Å². The van der Waals surface area contributed by atoms with Crippen LogP contribution in [-0.2, 0) is 6.54 Å². The van der Waals surface area contributed by atoms with Crippen LogP contribution in [0.2, 0.25) is 0 Å². The highest BCUT2D eigenvalue weighted by molar-refractivity contribution is 7.99. The van der Waals surface area contributed by atoms with Gasteiger partial charge in [0.15, 0.2) is 0 Å². The van der Waals surface area contributed by atoms with E-state index in [0.29, 0.717) is 17.8 Å². The molecule has 92 valence electrons. The third-order valence-corrected chi connectivity index (χ3v) is 4.15. The van der Waals surface area contributed by atoms with E-state index in [9.17, 15) is 4.79 Å². The molecule has 1 unspecified atom stereocenters. The van der Waals surface area contributed by atoms with Crippen LogP contribution in [0.1, 0.15) is 22.8 Å². The standard InChI is InChI=1S/C12H16N2O2S/c1-7(5-15)6-17-11-2-8-4-14-12(16)9(8)3-10(11)13/h2-3,7,15H,4-6,13H2,1H3,(H,14,16). The topological polar surface area (TPSA) is 75.3 Å². The van der Waals surface area contributed by atoms with Gasteiger partial charge >= 0.3 is 0 Å². The fourth-order valence-electron chi connectivity index (χ4n) is 1.68. The Morgan fingerprint density at radius 2 is 2.35 bits per heavy atom. The molecule has 1 aliphatic heterocycles. The number of aliphatic hydroxyl groups is 1. The van der Waals surface area contributed by atoms with Gasteiger partial charge in [-0.2, -0.15) is 0 Å². The maximum Gasteiger partial charge on any atom is 0.251 e. The summed E-state index contributed by atoms with van der Waals surface area (Å²) in [5, 5.41) is 11.7. The van der Waals surface area contributed by atoms with Crippen LogP contribution < -0.4 is 11.1 Å². The molecule has 17 heavy (non-hydrogen) atoms. The average molecular weight is 252 g/mol. The fraction of sp³-hybridized carbons (Fsp3) is 0.417. The molecular weight excluding hydrogens is 236 g/mol. The molecule has 0 aliphatic carbocycles. The van der Waals surface area contributed by atoms with Crippen molar-refractivity contribution < 1.29 is 9.90 Å². The number of carbonyl (C=O) groups is 1. The third-order valence-electron chi connectivity index (χ3n) is 2.75. The van der Waals surface area contributed by atoms with E-state index in [1.807, 2.05) is 13.0 Å². The summed E-state index contributed by atoms with van der Waals surface area (Å²) in [7, 11) is 0. The number of nitrogens with two attached hydrogens (primary N) is 1. The molecule has 5 heteroatoms. The van der Waals surface area contributed by atoms with Crippen molar-refractivity contribution in [3.05, 3.63) is 23.3 Å². The van der Waals surface area contributed by atoms with E-state index in [4.69, 9.17) is 10.8 Å². The Hall–Kier alpha value is -1.20. The predicted molar refractivity (Wildman–Crippen MR) is 69.0 cm³/mol. The molecule has 0 aromatic heterocycles. The summed E-state index contributed by atoms with van der Waals surface area (Å²) in [6.07, 6.45) is 0. The minimum atomic E-state index is -0.0491. The van der Waals surface area contributed by atoms with Gasteiger partial charge in [0.1, 0.15) is 0 Å². The second-order valence-corrected chi connectivity index (χ2v) is 5.39. The quantitative estimate of drug-likeness (QED) is 0.556. The normalized spacial score (nSPS) is 15.5. The number of thioether (sulfide) groups is 1. The van der Waals surface area contributed by atoms with Crippen LogP contribution in [0.15, 0.2) is 17.0 Å². The summed E-state index contributed by atoms with van der Waals surface area (Å²) >= 11 is 1.62. The molecule has 2 rings (SSSR count). The van der Waals surface area contributed by atoms with Gasteiger partial charge in [0.2, 0.25) is 0 Å². The monoisotopic (exact) mass is 252 g/mol. The Kier molecular flexibility index (Phi) is 3.59. The van der Waals surface area contributed by atoms with Crippen LogP contribution in [0.5, 0.6) is 0 Å². The smallest absolute Gasteiger partial charge is 0.251 e. The first-order chi connectivity index (χ1) is 8.11. The fourth-order valence-corrected chi connectivity index (χ4v) is 2.70. The molecule has 1 amide bonds. The maximum absolute atomic E-state index is 11.4. The largest absolute Gasteiger partial charge is 0.398 e. The number of rotatable bonds is 4. The second-order valence-electron chi connectivity index (χ2n) is 4.33. The minimum Gasteiger partial charge on any atom is -0.398 e. The molecular formula is C12H16N2O2S. The predicted octanol–water partition coefficient (Wildman–Crippen LogP) is 1.23. The summed E-state index contributed by atoms with van der Waals surface area (Å²) in [6, 6.07) is 3.71. The summed E-state index contributed by atoms with van der Waals surface area (Å²) in [6.45, 7) is 2.75. The van der Waals surface area contributed by atoms with Gasteiger partial charge in [-0.05, 0) is 23.6 Å². The number of fused-ring (bicyclic) bond motifs is 1.